The van der Waals surface area contributed by atoms with Crippen molar-refractivity contribution in [3.63, 3.8) is 0 Å². The average molecular weight is 336 g/mol. The van der Waals surface area contributed by atoms with E-state index in [1.165, 1.54) is 5.56 Å². The van der Waals surface area contributed by atoms with Crippen LogP contribution >= 0.6 is 15.9 Å². The van der Waals surface area contributed by atoms with E-state index in [2.05, 4.69) is 55.7 Å². The van der Waals surface area contributed by atoms with Crippen LogP contribution in [0.1, 0.15) is 24.7 Å². The summed E-state index contributed by atoms with van der Waals surface area (Å²) >= 11 is 3.46. The second-order valence-electron chi connectivity index (χ2n) is 4.43. The van der Waals surface area contributed by atoms with E-state index in [-0.39, 0.29) is 0 Å². The van der Waals surface area contributed by atoms with Gasteiger partial charge in [0.15, 0.2) is 0 Å². The summed E-state index contributed by atoms with van der Waals surface area (Å²) in [5.41, 5.74) is 3.75. The highest BCUT2D eigenvalue weighted by atomic mass is 79.9. The van der Waals surface area contributed by atoms with Crippen molar-refractivity contribution in [2.24, 2.45) is 5.84 Å². The smallest absolute Gasteiger partial charge is 0.145 e. The van der Waals surface area contributed by atoms with Crippen LogP contribution in [0, 0.1) is 0 Å². The monoisotopic (exact) mass is 335 g/mol. The van der Waals surface area contributed by atoms with E-state index in [0.717, 1.165) is 29.0 Å². The van der Waals surface area contributed by atoms with Crippen LogP contribution in [0.4, 0.5) is 11.6 Å². The van der Waals surface area contributed by atoms with Gasteiger partial charge in [0.2, 0.25) is 0 Å². The van der Waals surface area contributed by atoms with E-state index in [0.29, 0.717) is 12.4 Å². The third-order valence-corrected chi connectivity index (χ3v) is 3.25. The van der Waals surface area contributed by atoms with E-state index in [9.17, 15) is 0 Å². The van der Waals surface area contributed by atoms with Crippen molar-refractivity contribution < 1.29 is 0 Å². The molecule has 0 unspecified atom stereocenters. The lowest BCUT2D eigenvalue weighted by atomic mass is 10.2. The van der Waals surface area contributed by atoms with Gasteiger partial charge < -0.3 is 10.7 Å². The molecule has 6 heteroatoms. The SMILES string of the molecule is CCCc1nc(NN)cc(NCc2cccc(Br)c2)n1. The highest BCUT2D eigenvalue weighted by molar-refractivity contribution is 9.10. The Balaban J connectivity index is 2.10. The van der Waals surface area contributed by atoms with Crippen LogP contribution in [-0.2, 0) is 13.0 Å². The standard InChI is InChI=1S/C14H18BrN5/c1-2-4-12-18-13(8-14(19-12)20-16)17-9-10-5-3-6-11(15)7-10/h3,5-8H,2,4,9,16H2,1H3,(H2,17,18,19,20). The lowest BCUT2D eigenvalue weighted by molar-refractivity contribution is 0.834. The number of rotatable bonds is 6. The molecule has 2 rings (SSSR count). The summed E-state index contributed by atoms with van der Waals surface area (Å²) in [5.74, 6) is 7.63. The van der Waals surface area contributed by atoms with Crippen molar-refractivity contribution >= 4 is 27.6 Å². The molecule has 20 heavy (non-hydrogen) atoms. The zero-order valence-electron chi connectivity index (χ0n) is 11.4. The van der Waals surface area contributed by atoms with Crippen LogP contribution in [0.15, 0.2) is 34.8 Å². The molecule has 0 aliphatic rings. The molecule has 106 valence electrons. The van der Waals surface area contributed by atoms with Crippen LogP contribution in [0.25, 0.3) is 0 Å². The second-order valence-corrected chi connectivity index (χ2v) is 5.35. The molecule has 0 saturated carbocycles. The maximum absolute atomic E-state index is 5.44. The van der Waals surface area contributed by atoms with Crippen LogP contribution < -0.4 is 16.6 Å². The fourth-order valence-electron chi connectivity index (χ4n) is 1.84. The fourth-order valence-corrected chi connectivity index (χ4v) is 2.28. The van der Waals surface area contributed by atoms with Crippen molar-refractivity contribution in [2.45, 2.75) is 26.3 Å². The number of nitrogens with zero attached hydrogens (tertiary/aromatic N) is 2. The van der Waals surface area contributed by atoms with E-state index in [4.69, 9.17) is 5.84 Å². The Labute approximate surface area is 127 Å². The quantitative estimate of drug-likeness (QED) is 0.558. The van der Waals surface area contributed by atoms with Gasteiger partial charge in [-0.15, -0.1) is 0 Å². The lowest BCUT2D eigenvalue weighted by Crippen LogP contribution is -2.12. The lowest BCUT2D eigenvalue weighted by Gasteiger charge is -2.09. The van der Waals surface area contributed by atoms with Crippen molar-refractivity contribution in [3.05, 3.63) is 46.2 Å². The Morgan fingerprint density at radius 3 is 2.70 bits per heavy atom. The van der Waals surface area contributed by atoms with Gasteiger partial charge in [0.05, 0.1) is 0 Å². The molecule has 1 aromatic carbocycles. The molecule has 0 radical (unpaired) electrons. The molecule has 0 saturated heterocycles. The summed E-state index contributed by atoms with van der Waals surface area (Å²) in [6.45, 7) is 2.80. The topological polar surface area (TPSA) is 75.9 Å². The van der Waals surface area contributed by atoms with Crippen molar-refractivity contribution in [3.8, 4) is 0 Å². The van der Waals surface area contributed by atoms with E-state index in [1.54, 1.807) is 6.07 Å². The first kappa shape index (κ1) is 14.7. The Morgan fingerprint density at radius 2 is 2.00 bits per heavy atom. The zero-order valence-corrected chi connectivity index (χ0v) is 12.9. The number of hydrogen-bond acceptors (Lipinski definition) is 5. The number of hydrazine groups is 1. The Bertz CT molecular complexity index is 573. The van der Waals surface area contributed by atoms with Gasteiger partial charge in [0.25, 0.3) is 0 Å². The predicted octanol–water partition coefficient (Wildman–Crippen LogP) is 3.09. The van der Waals surface area contributed by atoms with Gasteiger partial charge in [-0.2, -0.15) is 0 Å². The fraction of sp³-hybridized carbons (Fsp3) is 0.286. The van der Waals surface area contributed by atoms with Crippen molar-refractivity contribution in [1.29, 1.82) is 0 Å². The number of anilines is 2. The van der Waals surface area contributed by atoms with Gasteiger partial charge in [-0.05, 0) is 24.1 Å². The zero-order chi connectivity index (χ0) is 14.4. The Kier molecular flexibility index (Phi) is 5.31. The molecule has 0 aliphatic carbocycles. The minimum absolute atomic E-state index is 0.625. The molecule has 0 bridgehead atoms. The van der Waals surface area contributed by atoms with Gasteiger partial charge >= 0.3 is 0 Å². The van der Waals surface area contributed by atoms with E-state index >= 15 is 0 Å². The van der Waals surface area contributed by atoms with E-state index in [1.807, 2.05) is 12.1 Å². The molecule has 0 amide bonds. The molecular weight excluding hydrogens is 318 g/mol. The van der Waals surface area contributed by atoms with Gasteiger partial charge in [-0.3, -0.25) is 0 Å². The Hall–Kier alpha value is -1.66. The number of aryl methyl sites for hydroxylation is 1. The van der Waals surface area contributed by atoms with Crippen molar-refractivity contribution in [2.75, 3.05) is 10.7 Å². The van der Waals surface area contributed by atoms with Gasteiger partial charge in [0.1, 0.15) is 17.5 Å². The summed E-state index contributed by atoms with van der Waals surface area (Å²) < 4.78 is 1.07. The van der Waals surface area contributed by atoms with Gasteiger partial charge in [0, 0.05) is 23.5 Å². The number of nitrogen functional groups attached to an aromatic ring is 1. The molecule has 0 fully saturated rings. The molecule has 0 aliphatic heterocycles. The number of benzene rings is 1. The molecule has 0 atom stereocenters. The van der Waals surface area contributed by atoms with Gasteiger partial charge in [-0.25, -0.2) is 15.8 Å². The number of nitrogens with one attached hydrogen (secondary N) is 2. The normalized spacial score (nSPS) is 10.3. The summed E-state index contributed by atoms with van der Waals surface area (Å²) in [6, 6.07) is 9.95. The molecule has 1 heterocycles. The molecule has 4 N–H and O–H groups in total. The molecule has 0 spiro atoms. The first-order valence-corrected chi connectivity index (χ1v) is 7.33. The maximum atomic E-state index is 5.44. The molecular formula is C14H18BrN5. The van der Waals surface area contributed by atoms with Crippen LogP contribution in [0.3, 0.4) is 0 Å². The third kappa shape index (κ3) is 4.18. The van der Waals surface area contributed by atoms with Crippen LogP contribution in [0.5, 0.6) is 0 Å². The highest BCUT2D eigenvalue weighted by Crippen LogP contribution is 2.15. The number of nitrogens with two attached hydrogens (primary N) is 1. The minimum atomic E-state index is 0.625. The second kappa shape index (κ2) is 7.21. The van der Waals surface area contributed by atoms with Gasteiger partial charge in [-0.1, -0.05) is 35.0 Å². The first-order chi connectivity index (χ1) is 9.71. The summed E-state index contributed by atoms with van der Waals surface area (Å²) in [5, 5.41) is 3.29. The summed E-state index contributed by atoms with van der Waals surface area (Å²) in [7, 11) is 0. The number of hydrogen-bond donors (Lipinski definition) is 3. The first-order valence-electron chi connectivity index (χ1n) is 6.54. The maximum Gasteiger partial charge on any atom is 0.145 e. The predicted molar refractivity (Wildman–Crippen MR) is 85.3 cm³/mol. The summed E-state index contributed by atoms with van der Waals surface area (Å²) in [6.07, 6.45) is 1.83. The molecule has 1 aromatic heterocycles. The number of aromatic nitrogens is 2. The summed E-state index contributed by atoms with van der Waals surface area (Å²) in [4.78, 5) is 8.80. The highest BCUT2D eigenvalue weighted by Gasteiger charge is 2.03. The minimum Gasteiger partial charge on any atom is -0.366 e. The molecule has 5 nitrogen and oxygen atoms in total. The average Bonchev–Trinajstić information content (AvgIpc) is 2.45. The van der Waals surface area contributed by atoms with Crippen molar-refractivity contribution in [1.82, 2.24) is 9.97 Å². The number of halogens is 1. The largest absolute Gasteiger partial charge is 0.366 e. The third-order valence-electron chi connectivity index (χ3n) is 2.76. The van der Waals surface area contributed by atoms with Crippen LogP contribution in [0.2, 0.25) is 0 Å². The van der Waals surface area contributed by atoms with E-state index < -0.39 is 0 Å². The Morgan fingerprint density at radius 1 is 1.20 bits per heavy atom. The molecule has 2 aromatic rings. The van der Waals surface area contributed by atoms with Crippen LogP contribution in [-0.4, -0.2) is 9.97 Å².